The van der Waals surface area contributed by atoms with Gasteiger partial charge in [-0.1, -0.05) is 66.7 Å². The summed E-state index contributed by atoms with van der Waals surface area (Å²) in [5, 5.41) is 0. The average Bonchev–Trinajstić information content (AvgIpc) is 3.38. The molecule has 0 unspecified atom stereocenters. The molecule has 0 aromatic rings. The molecule has 0 aromatic carbocycles. The van der Waals surface area contributed by atoms with Crippen LogP contribution in [0.5, 0.6) is 0 Å². The third-order valence-electron chi connectivity index (χ3n) is 13.9. The second-order valence-electron chi connectivity index (χ2n) is 16.1. The van der Waals surface area contributed by atoms with E-state index in [0.717, 1.165) is 56.0 Å². The molecule has 4 nitrogen and oxygen atoms in total. The minimum absolute atomic E-state index is 0.0620. The SMILES string of the molecule is CCCCCCCCC(=O)O[C@@H]1CC[C@]2(C)[C@H](CC[C@H]3[C@H]4C[C@@H]5O[C@]6(CC[C@H](C)CO6)[C@H](C)[C@@H]5[C@]4(C)CC[C@@H]32)C1. The largest absolute Gasteiger partial charge is 0.462 e. The summed E-state index contributed by atoms with van der Waals surface area (Å²) >= 11 is 0. The van der Waals surface area contributed by atoms with Crippen molar-refractivity contribution in [3.8, 4) is 0 Å². The maximum absolute atomic E-state index is 12.6. The second-order valence-corrected chi connectivity index (χ2v) is 16.1. The summed E-state index contributed by atoms with van der Waals surface area (Å²) in [6.45, 7) is 13.2. The first-order valence-electron chi connectivity index (χ1n) is 17.7. The lowest BCUT2D eigenvalue weighted by atomic mass is 9.44. The highest BCUT2D eigenvalue weighted by Crippen LogP contribution is 2.71. The molecular formula is C36H60O4. The van der Waals surface area contributed by atoms with E-state index in [4.69, 9.17) is 14.2 Å². The van der Waals surface area contributed by atoms with E-state index in [1.807, 2.05) is 0 Å². The van der Waals surface area contributed by atoms with Crippen LogP contribution in [0.3, 0.4) is 0 Å². The van der Waals surface area contributed by atoms with Crippen molar-refractivity contribution >= 4 is 5.97 Å². The van der Waals surface area contributed by atoms with Crippen LogP contribution in [0.25, 0.3) is 0 Å². The van der Waals surface area contributed by atoms with E-state index in [1.165, 1.54) is 77.0 Å². The molecule has 40 heavy (non-hydrogen) atoms. The fourth-order valence-corrected chi connectivity index (χ4v) is 11.6. The molecular weight excluding hydrogens is 496 g/mol. The number of carbonyl (C=O) groups is 1. The van der Waals surface area contributed by atoms with Crippen LogP contribution in [0.2, 0.25) is 0 Å². The molecule has 2 heterocycles. The third kappa shape index (κ3) is 5.01. The normalized spacial score (nSPS) is 49.7. The Morgan fingerprint density at radius 1 is 0.850 bits per heavy atom. The number of fused-ring (bicyclic) bond motifs is 7. The Morgan fingerprint density at radius 3 is 2.40 bits per heavy atom. The molecule has 6 rings (SSSR count). The molecule has 0 bridgehead atoms. The highest BCUT2D eigenvalue weighted by atomic mass is 16.7. The van der Waals surface area contributed by atoms with Gasteiger partial charge in [-0.05, 0) is 111 Å². The zero-order chi connectivity index (χ0) is 28.1. The Balaban J connectivity index is 1.05. The predicted molar refractivity (Wildman–Crippen MR) is 160 cm³/mol. The van der Waals surface area contributed by atoms with Crippen LogP contribution < -0.4 is 0 Å². The van der Waals surface area contributed by atoms with E-state index < -0.39 is 0 Å². The summed E-state index contributed by atoms with van der Waals surface area (Å²) in [7, 11) is 0. The van der Waals surface area contributed by atoms with Crippen LogP contribution in [-0.2, 0) is 19.0 Å². The van der Waals surface area contributed by atoms with Crippen LogP contribution in [0.15, 0.2) is 0 Å². The van der Waals surface area contributed by atoms with Gasteiger partial charge in [-0.2, -0.15) is 0 Å². The highest BCUT2D eigenvalue weighted by molar-refractivity contribution is 5.69. The smallest absolute Gasteiger partial charge is 0.306 e. The van der Waals surface area contributed by atoms with E-state index in [2.05, 4.69) is 34.6 Å². The van der Waals surface area contributed by atoms with E-state index >= 15 is 0 Å². The minimum atomic E-state index is -0.304. The number of ether oxygens (including phenoxy) is 3. The van der Waals surface area contributed by atoms with Gasteiger partial charge >= 0.3 is 5.97 Å². The lowest BCUT2D eigenvalue weighted by Gasteiger charge is -2.61. The van der Waals surface area contributed by atoms with Crippen LogP contribution in [0.1, 0.15) is 144 Å². The third-order valence-corrected chi connectivity index (χ3v) is 13.9. The summed E-state index contributed by atoms with van der Waals surface area (Å²) in [6.07, 6.45) is 20.9. The Morgan fingerprint density at radius 2 is 1.62 bits per heavy atom. The number of hydrogen-bond donors (Lipinski definition) is 0. The molecule has 228 valence electrons. The molecule has 4 aliphatic carbocycles. The fraction of sp³-hybridized carbons (Fsp3) is 0.972. The van der Waals surface area contributed by atoms with Gasteiger partial charge in [0.1, 0.15) is 6.10 Å². The van der Waals surface area contributed by atoms with Gasteiger partial charge in [-0.25, -0.2) is 0 Å². The molecule has 6 aliphatic rings. The molecule has 4 saturated carbocycles. The van der Waals surface area contributed by atoms with Gasteiger partial charge in [-0.15, -0.1) is 0 Å². The van der Waals surface area contributed by atoms with Crippen LogP contribution in [0.4, 0.5) is 0 Å². The summed E-state index contributed by atoms with van der Waals surface area (Å²) in [5.74, 6) is 4.77. The Labute approximate surface area is 245 Å². The van der Waals surface area contributed by atoms with Gasteiger partial charge < -0.3 is 14.2 Å². The maximum atomic E-state index is 12.6. The minimum Gasteiger partial charge on any atom is -0.462 e. The van der Waals surface area contributed by atoms with Gasteiger partial charge in [0.25, 0.3) is 0 Å². The number of unbranched alkanes of at least 4 members (excludes halogenated alkanes) is 5. The molecule has 0 amide bonds. The first kappa shape index (κ1) is 29.5. The number of hydrogen-bond acceptors (Lipinski definition) is 4. The van der Waals surface area contributed by atoms with E-state index in [1.54, 1.807) is 0 Å². The molecule has 0 N–H and O–H groups in total. The van der Waals surface area contributed by atoms with Crippen molar-refractivity contribution in [2.45, 2.75) is 162 Å². The topological polar surface area (TPSA) is 44.8 Å². The van der Waals surface area contributed by atoms with Crippen LogP contribution in [0, 0.1) is 52.3 Å². The van der Waals surface area contributed by atoms with E-state index in [-0.39, 0.29) is 17.9 Å². The second kappa shape index (κ2) is 11.5. The highest BCUT2D eigenvalue weighted by Gasteiger charge is 2.69. The first-order valence-corrected chi connectivity index (χ1v) is 17.7. The van der Waals surface area contributed by atoms with Crippen molar-refractivity contribution in [3.63, 3.8) is 0 Å². The standard InChI is InChI=1S/C36H60O4/c1-6-7-8-9-10-11-12-32(37)39-27-16-18-34(4)26(21-27)13-14-28-29(34)17-19-35(5)30(28)22-31-33(35)25(3)36(40-31)20-15-24(2)23-38-36/h24-31,33H,6-23H2,1-5H3/t24-,25+,26+,27+,28+,29-,30+,31-,33-,34+,35+,36+/m0/s1. The van der Waals surface area contributed by atoms with Crippen LogP contribution in [-0.4, -0.2) is 30.6 Å². The van der Waals surface area contributed by atoms with Gasteiger partial charge in [0.15, 0.2) is 5.79 Å². The number of rotatable bonds is 8. The van der Waals surface area contributed by atoms with Crippen molar-refractivity contribution in [3.05, 3.63) is 0 Å². The molecule has 1 spiro atoms. The van der Waals surface area contributed by atoms with Gasteiger partial charge in [0.05, 0.1) is 12.7 Å². The Kier molecular flexibility index (Phi) is 8.45. The quantitative estimate of drug-likeness (QED) is 0.221. The van der Waals surface area contributed by atoms with Crippen molar-refractivity contribution in [2.24, 2.45) is 52.3 Å². The maximum Gasteiger partial charge on any atom is 0.306 e. The summed E-state index contributed by atoms with van der Waals surface area (Å²) < 4.78 is 19.6. The van der Waals surface area contributed by atoms with Gasteiger partial charge in [-0.3, -0.25) is 4.79 Å². The molecule has 2 saturated heterocycles. The molecule has 2 aliphatic heterocycles. The lowest BCUT2D eigenvalue weighted by molar-refractivity contribution is -0.273. The molecule has 6 fully saturated rings. The van der Waals surface area contributed by atoms with Crippen LogP contribution >= 0.6 is 0 Å². The fourth-order valence-electron chi connectivity index (χ4n) is 11.6. The Bertz CT molecular complexity index is 893. The zero-order valence-corrected chi connectivity index (χ0v) is 26.6. The van der Waals surface area contributed by atoms with E-state index in [0.29, 0.717) is 41.1 Å². The van der Waals surface area contributed by atoms with Gasteiger partial charge in [0.2, 0.25) is 0 Å². The zero-order valence-electron chi connectivity index (χ0n) is 26.6. The lowest BCUT2D eigenvalue weighted by Crippen LogP contribution is -2.55. The Hall–Kier alpha value is -0.610. The first-order chi connectivity index (χ1) is 19.2. The molecule has 0 radical (unpaired) electrons. The van der Waals surface area contributed by atoms with Crippen molar-refractivity contribution in [1.29, 1.82) is 0 Å². The summed E-state index contributed by atoms with van der Waals surface area (Å²) in [4.78, 5) is 12.6. The predicted octanol–water partition coefficient (Wildman–Crippen LogP) is 9.10. The van der Waals surface area contributed by atoms with Gasteiger partial charge in [0, 0.05) is 18.8 Å². The summed E-state index contributed by atoms with van der Waals surface area (Å²) in [5.41, 5.74) is 0.814. The molecule has 0 aromatic heterocycles. The van der Waals surface area contributed by atoms with Crippen molar-refractivity contribution in [2.75, 3.05) is 6.61 Å². The summed E-state index contributed by atoms with van der Waals surface area (Å²) in [6, 6.07) is 0. The van der Waals surface area contributed by atoms with E-state index in [9.17, 15) is 4.79 Å². The monoisotopic (exact) mass is 556 g/mol. The molecule has 4 heteroatoms. The van der Waals surface area contributed by atoms with Crippen molar-refractivity contribution < 1.29 is 19.0 Å². The molecule has 12 atom stereocenters. The number of carbonyl (C=O) groups excluding carboxylic acids is 1. The van der Waals surface area contributed by atoms with Crippen molar-refractivity contribution in [1.82, 2.24) is 0 Å². The number of esters is 1. The average molecular weight is 557 g/mol.